The molecule has 0 heterocycles. The molecule has 1 atom stereocenters. The van der Waals surface area contributed by atoms with Gasteiger partial charge in [-0.25, -0.2) is 9.59 Å². The molecule has 6 heteroatoms. The molecule has 0 aliphatic carbocycles. The molecule has 29 heavy (non-hydrogen) atoms. The fourth-order valence-corrected chi connectivity index (χ4v) is 3.19. The second kappa shape index (κ2) is 10.3. The summed E-state index contributed by atoms with van der Waals surface area (Å²) in [4.78, 5) is 45.8. The number of carboxylic acid groups (broad SMARTS) is 2. The van der Waals surface area contributed by atoms with Gasteiger partial charge < -0.3 is 15.0 Å². The Morgan fingerprint density at radius 3 is 1.79 bits per heavy atom. The molecule has 2 aromatic carbocycles. The summed E-state index contributed by atoms with van der Waals surface area (Å²) in [6, 6.07) is 12.9. The van der Waals surface area contributed by atoms with Gasteiger partial charge in [-0.1, -0.05) is 24.3 Å². The number of hydrogen-bond acceptors (Lipinski definition) is 4. The summed E-state index contributed by atoms with van der Waals surface area (Å²) in [6.07, 6.45) is 2.02. The molecule has 2 rings (SSSR count). The molecule has 2 N–H and O–H groups in total. The van der Waals surface area contributed by atoms with Gasteiger partial charge in [0, 0.05) is 19.3 Å². The standard InChI is InChI=1S/C23H24O6/c1-15(24)14-20(17-7-9-19(10-8-17)23(28)29)11-13-21(25)12-4-16-2-5-18(6-3-16)22(26)27/h2-3,5-10,20H,4,11-14H2,1H3,(H,26,27)(H,28,29). The van der Waals surface area contributed by atoms with Crippen LogP contribution in [0.2, 0.25) is 0 Å². The highest BCUT2D eigenvalue weighted by atomic mass is 16.4. The van der Waals surface area contributed by atoms with Crippen molar-refractivity contribution in [2.75, 3.05) is 0 Å². The molecule has 0 aliphatic rings. The summed E-state index contributed by atoms with van der Waals surface area (Å²) >= 11 is 0. The van der Waals surface area contributed by atoms with Crippen LogP contribution in [0, 0.1) is 0 Å². The number of aryl methyl sites for hydroxylation is 1. The number of carboxylic acids is 2. The van der Waals surface area contributed by atoms with E-state index < -0.39 is 11.9 Å². The smallest absolute Gasteiger partial charge is 0.335 e. The first kappa shape index (κ1) is 22.0. The molecule has 0 bridgehead atoms. The number of carbonyl (C=O) groups excluding carboxylic acids is 2. The zero-order valence-corrected chi connectivity index (χ0v) is 16.3. The van der Waals surface area contributed by atoms with Gasteiger partial charge in [0.2, 0.25) is 0 Å². The Bertz CT molecular complexity index is 881. The molecule has 0 fully saturated rings. The molecule has 6 nitrogen and oxygen atoms in total. The van der Waals surface area contributed by atoms with E-state index in [1.165, 1.54) is 31.2 Å². The van der Waals surface area contributed by atoms with E-state index in [9.17, 15) is 19.2 Å². The molecular formula is C23H24O6. The zero-order chi connectivity index (χ0) is 21.4. The average molecular weight is 396 g/mol. The monoisotopic (exact) mass is 396 g/mol. The Balaban J connectivity index is 1.92. The first-order valence-electron chi connectivity index (χ1n) is 9.43. The highest BCUT2D eigenvalue weighted by molar-refractivity contribution is 5.88. The minimum atomic E-state index is -1.01. The first-order chi connectivity index (χ1) is 13.8. The van der Waals surface area contributed by atoms with Gasteiger partial charge in [-0.2, -0.15) is 0 Å². The van der Waals surface area contributed by atoms with Crippen molar-refractivity contribution in [3.63, 3.8) is 0 Å². The van der Waals surface area contributed by atoms with Crippen LogP contribution in [0.4, 0.5) is 0 Å². The van der Waals surface area contributed by atoms with Gasteiger partial charge in [0.15, 0.2) is 0 Å². The zero-order valence-electron chi connectivity index (χ0n) is 16.3. The second-order valence-electron chi connectivity index (χ2n) is 7.11. The predicted octanol–water partition coefficient (Wildman–Crippen LogP) is 4.13. The maximum atomic E-state index is 12.3. The topological polar surface area (TPSA) is 109 Å². The van der Waals surface area contributed by atoms with Crippen LogP contribution >= 0.6 is 0 Å². The lowest BCUT2D eigenvalue weighted by Gasteiger charge is -2.16. The predicted molar refractivity (Wildman–Crippen MR) is 107 cm³/mol. The van der Waals surface area contributed by atoms with E-state index in [0.29, 0.717) is 32.1 Å². The average Bonchev–Trinajstić information content (AvgIpc) is 2.69. The third-order valence-electron chi connectivity index (χ3n) is 4.83. The quantitative estimate of drug-likeness (QED) is 0.591. The number of Topliss-reactive ketones (excluding diaryl/α,β-unsaturated/α-hetero) is 2. The van der Waals surface area contributed by atoms with E-state index >= 15 is 0 Å². The summed E-state index contributed by atoms with van der Waals surface area (Å²) in [6.45, 7) is 1.50. The lowest BCUT2D eigenvalue weighted by Crippen LogP contribution is -2.09. The van der Waals surface area contributed by atoms with E-state index in [1.54, 1.807) is 24.3 Å². The van der Waals surface area contributed by atoms with Gasteiger partial charge in [0.1, 0.15) is 11.6 Å². The molecule has 0 saturated carbocycles. The molecule has 1 unspecified atom stereocenters. The van der Waals surface area contributed by atoms with Crippen LogP contribution in [0.1, 0.15) is 70.4 Å². The summed E-state index contributed by atoms with van der Waals surface area (Å²) in [5, 5.41) is 17.9. The second-order valence-corrected chi connectivity index (χ2v) is 7.11. The molecule has 0 aliphatic heterocycles. The fraction of sp³-hybridized carbons (Fsp3) is 0.304. The van der Waals surface area contributed by atoms with E-state index in [-0.39, 0.29) is 28.6 Å². The molecule has 0 spiro atoms. The van der Waals surface area contributed by atoms with E-state index in [4.69, 9.17) is 10.2 Å². The van der Waals surface area contributed by atoms with Gasteiger partial charge in [0.25, 0.3) is 0 Å². The molecule has 0 saturated heterocycles. The van der Waals surface area contributed by atoms with Crippen LogP contribution in [0.15, 0.2) is 48.5 Å². The number of hydrogen-bond donors (Lipinski definition) is 2. The van der Waals surface area contributed by atoms with Crippen molar-refractivity contribution in [3.8, 4) is 0 Å². The Morgan fingerprint density at radius 1 is 0.793 bits per heavy atom. The summed E-state index contributed by atoms with van der Waals surface area (Å²) in [7, 11) is 0. The number of carbonyl (C=O) groups is 4. The lowest BCUT2D eigenvalue weighted by molar-refractivity contribution is -0.120. The normalized spacial score (nSPS) is 11.6. The number of rotatable bonds is 11. The largest absolute Gasteiger partial charge is 0.478 e. The lowest BCUT2D eigenvalue weighted by atomic mass is 9.88. The molecule has 0 aromatic heterocycles. The molecule has 0 radical (unpaired) electrons. The minimum Gasteiger partial charge on any atom is -0.478 e. The van der Waals surface area contributed by atoms with Gasteiger partial charge in [-0.15, -0.1) is 0 Å². The summed E-state index contributed by atoms with van der Waals surface area (Å²) in [5.74, 6) is -2.03. The highest BCUT2D eigenvalue weighted by Gasteiger charge is 2.17. The van der Waals surface area contributed by atoms with E-state index in [0.717, 1.165) is 11.1 Å². The van der Waals surface area contributed by atoms with E-state index in [1.807, 2.05) is 0 Å². The summed E-state index contributed by atoms with van der Waals surface area (Å²) < 4.78 is 0. The van der Waals surface area contributed by atoms with Crippen LogP contribution in [0.5, 0.6) is 0 Å². The third-order valence-corrected chi connectivity index (χ3v) is 4.83. The van der Waals surface area contributed by atoms with Crippen molar-refractivity contribution < 1.29 is 29.4 Å². The third kappa shape index (κ3) is 6.99. The van der Waals surface area contributed by atoms with Crippen molar-refractivity contribution in [2.24, 2.45) is 0 Å². The van der Waals surface area contributed by atoms with Crippen molar-refractivity contribution in [2.45, 2.75) is 44.9 Å². The Labute approximate surface area is 169 Å². The number of ketones is 2. The van der Waals surface area contributed by atoms with Gasteiger partial charge in [-0.3, -0.25) is 4.79 Å². The molecule has 152 valence electrons. The first-order valence-corrected chi connectivity index (χ1v) is 9.43. The van der Waals surface area contributed by atoms with Crippen molar-refractivity contribution in [3.05, 3.63) is 70.8 Å². The summed E-state index contributed by atoms with van der Waals surface area (Å²) in [5.41, 5.74) is 2.14. The van der Waals surface area contributed by atoms with Gasteiger partial charge in [0.05, 0.1) is 11.1 Å². The van der Waals surface area contributed by atoms with Crippen LogP contribution in [-0.4, -0.2) is 33.7 Å². The SMILES string of the molecule is CC(=O)CC(CCC(=O)CCc1ccc(C(=O)O)cc1)c1ccc(C(=O)O)cc1. The Kier molecular flexibility index (Phi) is 7.83. The minimum absolute atomic E-state index is 0.0169. The van der Waals surface area contributed by atoms with Gasteiger partial charge in [-0.05, 0) is 61.1 Å². The maximum Gasteiger partial charge on any atom is 0.335 e. The number of aromatic carboxylic acids is 2. The Hall–Kier alpha value is -3.28. The number of benzene rings is 2. The van der Waals surface area contributed by atoms with Crippen LogP contribution < -0.4 is 0 Å². The maximum absolute atomic E-state index is 12.3. The van der Waals surface area contributed by atoms with Crippen molar-refractivity contribution in [1.29, 1.82) is 0 Å². The highest BCUT2D eigenvalue weighted by Crippen LogP contribution is 2.26. The molecule has 2 aromatic rings. The van der Waals surface area contributed by atoms with Crippen LogP contribution in [0.25, 0.3) is 0 Å². The van der Waals surface area contributed by atoms with Crippen molar-refractivity contribution >= 4 is 23.5 Å². The van der Waals surface area contributed by atoms with E-state index in [2.05, 4.69) is 0 Å². The molecular weight excluding hydrogens is 372 g/mol. The van der Waals surface area contributed by atoms with Crippen molar-refractivity contribution in [1.82, 2.24) is 0 Å². The molecule has 0 amide bonds. The Morgan fingerprint density at radius 2 is 1.31 bits per heavy atom. The fourth-order valence-electron chi connectivity index (χ4n) is 3.19. The van der Waals surface area contributed by atoms with Crippen LogP contribution in [-0.2, 0) is 16.0 Å². The van der Waals surface area contributed by atoms with Gasteiger partial charge >= 0.3 is 11.9 Å². The van der Waals surface area contributed by atoms with Crippen LogP contribution in [0.3, 0.4) is 0 Å².